The van der Waals surface area contributed by atoms with Crippen LogP contribution >= 0.6 is 0 Å². The van der Waals surface area contributed by atoms with E-state index in [4.69, 9.17) is 0 Å². The lowest BCUT2D eigenvalue weighted by atomic mass is 9.99. The van der Waals surface area contributed by atoms with Crippen molar-refractivity contribution in [2.45, 2.75) is 13.8 Å². The molecule has 0 bridgehead atoms. The summed E-state index contributed by atoms with van der Waals surface area (Å²) in [6.45, 7) is 4.01. The Labute approximate surface area is 146 Å². The summed E-state index contributed by atoms with van der Waals surface area (Å²) >= 11 is 0. The van der Waals surface area contributed by atoms with Crippen molar-refractivity contribution in [2.75, 3.05) is 4.90 Å². The van der Waals surface area contributed by atoms with Crippen LogP contribution in [0.15, 0.2) is 66.7 Å². The highest BCUT2D eigenvalue weighted by Gasteiger charge is 2.36. The fraction of sp³-hybridized carbons (Fsp3) is 0.0909. The number of nitrogens with zero attached hydrogens (tertiary/aromatic N) is 1. The van der Waals surface area contributed by atoms with Gasteiger partial charge in [-0.3, -0.25) is 9.59 Å². The highest BCUT2D eigenvalue weighted by atomic mass is 16.2. The minimum Gasteiger partial charge on any atom is -0.268 e. The van der Waals surface area contributed by atoms with Crippen LogP contribution in [0.4, 0.5) is 5.69 Å². The molecule has 3 aromatic rings. The van der Waals surface area contributed by atoms with E-state index >= 15 is 0 Å². The van der Waals surface area contributed by atoms with Crippen molar-refractivity contribution in [3.05, 3.63) is 89.0 Å². The van der Waals surface area contributed by atoms with E-state index in [0.717, 1.165) is 16.7 Å². The summed E-state index contributed by atoms with van der Waals surface area (Å²) in [6.07, 6.45) is 0. The first-order valence-electron chi connectivity index (χ1n) is 8.21. The summed E-state index contributed by atoms with van der Waals surface area (Å²) < 4.78 is 0. The average Bonchev–Trinajstić information content (AvgIpc) is 2.87. The standard InChI is InChI=1S/C22H17NO2/c1-14-3-7-16(8-4-14)17-9-12-19-20(13-17)22(25)23(21(19)24)18-10-5-15(2)6-11-18/h3-13H,1-2H3. The van der Waals surface area contributed by atoms with Gasteiger partial charge in [-0.25, -0.2) is 4.90 Å². The van der Waals surface area contributed by atoms with Gasteiger partial charge >= 0.3 is 0 Å². The number of imide groups is 1. The number of rotatable bonds is 2. The lowest BCUT2D eigenvalue weighted by molar-refractivity contribution is 0.0926. The fourth-order valence-corrected chi connectivity index (χ4v) is 3.09. The van der Waals surface area contributed by atoms with Gasteiger partial charge < -0.3 is 0 Å². The third-order valence-corrected chi connectivity index (χ3v) is 4.56. The van der Waals surface area contributed by atoms with Crippen molar-refractivity contribution in [3.63, 3.8) is 0 Å². The van der Waals surface area contributed by atoms with Crippen LogP contribution in [-0.2, 0) is 0 Å². The second kappa shape index (κ2) is 5.71. The van der Waals surface area contributed by atoms with Crippen LogP contribution < -0.4 is 4.90 Å². The van der Waals surface area contributed by atoms with Crippen LogP contribution in [-0.4, -0.2) is 11.8 Å². The molecule has 0 unspecified atom stereocenters. The van der Waals surface area contributed by atoms with E-state index in [1.807, 2.05) is 62.4 Å². The number of anilines is 1. The second-order valence-electron chi connectivity index (χ2n) is 6.41. The van der Waals surface area contributed by atoms with E-state index in [2.05, 4.69) is 0 Å². The number of aryl methyl sites for hydroxylation is 2. The van der Waals surface area contributed by atoms with E-state index in [1.54, 1.807) is 18.2 Å². The summed E-state index contributed by atoms with van der Waals surface area (Å²) in [4.78, 5) is 26.8. The number of benzene rings is 3. The summed E-state index contributed by atoms with van der Waals surface area (Å²) in [6, 6.07) is 21.0. The molecule has 0 spiro atoms. The van der Waals surface area contributed by atoms with Gasteiger partial charge in [0.25, 0.3) is 11.8 Å². The van der Waals surface area contributed by atoms with Crippen molar-refractivity contribution in [1.82, 2.24) is 0 Å². The van der Waals surface area contributed by atoms with Crippen LogP contribution in [0.1, 0.15) is 31.8 Å². The van der Waals surface area contributed by atoms with Gasteiger partial charge in [-0.1, -0.05) is 53.6 Å². The predicted octanol–water partition coefficient (Wildman–Crippen LogP) is 4.77. The first kappa shape index (κ1) is 15.3. The van der Waals surface area contributed by atoms with Gasteiger partial charge in [-0.15, -0.1) is 0 Å². The van der Waals surface area contributed by atoms with Crippen molar-refractivity contribution in [2.24, 2.45) is 0 Å². The number of hydrogen-bond donors (Lipinski definition) is 0. The Hall–Kier alpha value is -3.20. The molecule has 0 aromatic heterocycles. The lowest BCUT2D eigenvalue weighted by Gasteiger charge is -2.13. The monoisotopic (exact) mass is 327 g/mol. The highest BCUT2D eigenvalue weighted by Crippen LogP contribution is 2.31. The summed E-state index contributed by atoms with van der Waals surface area (Å²) in [5.41, 5.74) is 5.76. The minimum atomic E-state index is -0.266. The van der Waals surface area contributed by atoms with Gasteiger partial charge in [0.2, 0.25) is 0 Å². The fourth-order valence-electron chi connectivity index (χ4n) is 3.09. The highest BCUT2D eigenvalue weighted by molar-refractivity contribution is 6.34. The predicted molar refractivity (Wildman–Crippen MR) is 98.9 cm³/mol. The van der Waals surface area contributed by atoms with Crippen LogP contribution in [0.3, 0.4) is 0 Å². The lowest BCUT2D eigenvalue weighted by Crippen LogP contribution is -2.29. The molecule has 0 saturated heterocycles. The van der Waals surface area contributed by atoms with Gasteiger partial charge in [-0.2, -0.15) is 0 Å². The molecule has 2 amide bonds. The molecule has 1 aliphatic rings. The normalized spacial score (nSPS) is 13.3. The molecule has 3 nitrogen and oxygen atoms in total. The number of amides is 2. The molecule has 25 heavy (non-hydrogen) atoms. The average molecular weight is 327 g/mol. The molecule has 3 aromatic carbocycles. The van der Waals surface area contributed by atoms with Crippen LogP contribution in [0.25, 0.3) is 11.1 Å². The van der Waals surface area contributed by atoms with Crippen LogP contribution in [0.5, 0.6) is 0 Å². The second-order valence-corrected chi connectivity index (χ2v) is 6.41. The number of fused-ring (bicyclic) bond motifs is 1. The number of carbonyl (C=O) groups excluding carboxylic acids is 2. The van der Waals surface area contributed by atoms with E-state index in [-0.39, 0.29) is 11.8 Å². The van der Waals surface area contributed by atoms with E-state index in [0.29, 0.717) is 16.8 Å². The third-order valence-electron chi connectivity index (χ3n) is 4.56. The van der Waals surface area contributed by atoms with Crippen LogP contribution in [0, 0.1) is 13.8 Å². The first-order chi connectivity index (χ1) is 12.0. The van der Waals surface area contributed by atoms with Gasteiger partial charge in [0, 0.05) is 0 Å². The molecular weight excluding hydrogens is 310 g/mol. The van der Waals surface area contributed by atoms with Crippen molar-refractivity contribution in [1.29, 1.82) is 0 Å². The quantitative estimate of drug-likeness (QED) is 0.636. The van der Waals surface area contributed by atoms with Crippen LogP contribution in [0.2, 0.25) is 0 Å². The Morgan fingerprint density at radius 3 is 1.76 bits per heavy atom. The van der Waals surface area contributed by atoms with Crippen molar-refractivity contribution < 1.29 is 9.59 Å². The summed E-state index contributed by atoms with van der Waals surface area (Å²) in [5.74, 6) is -0.530. The molecule has 1 heterocycles. The zero-order chi connectivity index (χ0) is 17.6. The molecular formula is C22H17NO2. The Bertz CT molecular complexity index is 986. The molecule has 1 aliphatic heterocycles. The molecule has 0 fully saturated rings. The Morgan fingerprint density at radius 2 is 1.12 bits per heavy atom. The van der Waals surface area contributed by atoms with Crippen molar-refractivity contribution in [3.8, 4) is 11.1 Å². The Kier molecular flexibility index (Phi) is 3.50. The van der Waals surface area contributed by atoms with Crippen molar-refractivity contribution >= 4 is 17.5 Å². The number of hydrogen-bond acceptors (Lipinski definition) is 2. The Morgan fingerprint density at radius 1 is 0.600 bits per heavy atom. The van der Waals surface area contributed by atoms with E-state index in [9.17, 15) is 9.59 Å². The largest absolute Gasteiger partial charge is 0.268 e. The molecule has 0 aliphatic carbocycles. The topological polar surface area (TPSA) is 37.4 Å². The molecule has 3 heteroatoms. The summed E-state index contributed by atoms with van der Waals surface area (Å²) in [7, 11) is 0. The SMILES string of the molecule is Cc1ccc(-c2ccc3c(c2)C(=O)N(c2ccc(C)cc2)C3=O)cc1. The number of carbonyl (C=O) groups is 2. The summed E-state index contributed by atoms with van der Waals surface area (Å²) in [5, 5.41) is 0. The molecule has 0 saturated carbocycles. The maximum absolute atomic E-state index is 12.8. The smallest absolute Gasteiger partial charge is 0.266 e. The zero-order valence-corrected chi connectivity index (χ0v) is 14.1. The van der Waals surface area contributed by atoms with Gasteiger partial charge in [0.1, 0.15) is 0 Å². The Balaban J connectivity index is 1.76. The molecule has 122 valence electrons. The molecule has 4 rings (SSSR count). The third kappa shape index (κ3) is 2.54. The minimum absolute atomic E-state index is 0.265. The van der Waals surface area contributed by atoms with E-state index in [1.165, 1.54) is 10.5 Å². The maximum Gasteiger partial charge on any atom is 0.266 e. The van der Waals surface area contributed by atoms with E-state index < -0.39 is 0 Å². The zero-order valence-electron chi connectivity index (χ0n) is 14.1. The first-order valence-corrected chi connectivity index (χ1v) is 8.21. The van der Waals surface area contributed by atoms with Gasteiger partial charge in [0.15, 0.2) is 0 Å². The van der Waals surface area contributed by atoms with Gasteiger partial charge in [-0.05, 0) is 49.2 Å². The molecule has 0 N–H and O–H groups in total. The van der Waals surface area contributed by atoms with Gasteiger partial charge in [0.05, 0.1) is 16.8 Å². The maximum atomic E-state index is 12.8. The molecule has 0 radical (unpaired) electrons. The molecule has 0 atom stereocenters.